The van der Waals surface area contributed by atoms with Gasteiger partial charge in [-0.25, -0.2) is 0 Å². The number of hydrogen-bond donors (Lipinski definition) is 1. The highest BCUT2D eigenvalue weighted by Crippen LogP contribution is 2.34. The Labute approximate surface area is 191 Å². The van der Waals surface area contributed by atoms with Gasteiger partial charge in [-0.15, -0.1) is 0 Å². The number of para-hydroxylation sites is 1. The number of amides is 2. The number of benzene rings is 2. The van der Waals surface area contributed by atoms with E-state index in [1.54, 1.807) is 23.6 Å². The van der Waals surface area contributed by atoms with Gasteiger partial charge in [0.1, 0.15) is 0 Å². The van der Waals surface area contributed by atoms with Crippen molar-refractivity contribution in [1.82, 2.24) is 4.90 Å². The Morgan fingerprint density at radius 2 is 1.75 bits per heavy atom. The molecule has 1 N–H and O–H groups in total. The average molecular weight is 451 g/mol. The van der Waals surface area contributed by atoms with E-state index in [4.69, 9.17) is 9.47 Å². The number of fused-ring (bicyclic) bond motifs is 1. The van der Waals surface area contributed by atoms with E-state index in [-0.39, 0.29) is 11.8 Å². The maximum Gasteiger partial charge on any atom is 0.256 e. The van der Waals surface area contributed by atoms with Crippen LogP contribution in [0.15, 0.2) is 53.2 Å². The van der Waals surface area contributed by atoms with Crippen molar-refractivity contribution in [2.45, 2.75) is 26.8 Å². The fourth-order valence-corrected chi connectivity index (χ4v) is 4.45. The molecule has 0 saturated carbocycles. The lowest BCUT2D eigenvalue weighted by atomic mass is 9.98. The number of carbonyl (C=O) groups excluding carboxylic acids is 2. The molecule has 1 aromatic heterocycles. The number of anilines is 1. The summed E-state index contributed by atoms with van der Waals surface area (Å²) in [7, 11) is 0. The van der Waals surface area contributed by atoms with Gasteiger partial charge in [-0.3, -0.25) is 9.59 Å². The molecule has 0 fully saturated rings. The molecule has 1 aliphatic heterocycles. The van der Waals surface area contributed by atoms with Crippen LogP contribution >= 0.6 is 11.3 Å². The van der Waals surface area contributed by atoms with Crippen LogP contribution in [0.5, 0.6) is 11.5 Å². The van der Waals surface area contributed by atoms with Crippen LogP contribution < -0.4 is 14.8 Å². The third-order valence-electron chi connectivity index (χ3n) is 5.35. The van der Waals surface area contributed by atoms with Gasteiger partial charge in [0.2, 0.25) is 0 Å². The summed E-state index contributed by atoms with van der Waals surface area (Å²) in [5.41, 5.74) is 3.80. The monoisotopic (exact) mass is 450 g/mol. The maximum atomic E-state index is 13.4. The van der Waals surface area contributed by atoms with Crippen LogP contribution in [-0.4, -0.2) is 36.5 Å². The summed E-state index contributed by atoms with van der Waals surface area (Å²) in [6.07, 6.45) is 0.733. The lowest BCUT2D eigenvalue weighted by molar-refractivity contribution is 0.0735. The zero-order valence-corrected chi connectivity index (χ0v) is 19.0. The largest absolute Gasteiger partial charge is 0.490 e. The van der Waals surface area contributed by atoms with Crippen molar-refractivity contribution in [3.63, 3.8) is 0 Å². The zero-order chi connectivity index (χ0) is 22.5. The highest BCUT2D eigenvalue weighted by atomic mass is 32.1. The Morgan fingerprint density at radius 1 is 1.03 bits per heavy atom. The van der Waals surface area contributed by atoms with E-state index < -0.39 is 0 Å². The molecule has 6 nitrogen and oxygen atoms in total. The van der Waals surface area contributed by atoms with E-state index in [0.29, 0.717) is 48.9 Å². The molecule has 2 amide bonds. The van der Waals surface area contributed by atoms with Gasteiger partial charge in [-0.2, -0.15) is 11.3 Å². The quantitative estimate of drug-likeness (QED) is 0.550. The van der Waals surface area contributed by atoms with Crippen molar-refractivity contribution in [2.75, 3.05) is 25.1 Å². The molecular weight excluding hydrogens is 424 g/mol. The van der Waals surface area contributed by atoms with Gasteiger partial charge in [-0.05, 0) is 67.1 Å². The van der Waals surface area contributed by atoms with Crippen LogP contribution in [-0.2, 0) is 13.0 Å². The molecule has 0 bridgehead atoms. The number of hydrogen-bond acceptors (Lipinski definition) is 5. The summed E-state index contributed by atoms with van der Waals surface area (Å²) in [5, 5.41) is 6.52. The molecule has 1 aliphatic rings. The minimum atomic E-state index is -0.222. The number of carbonyl (C=O) groups is 2. The molecule has 166 valence electrons. The molecule has 0 unspecified atom stereocenters. The predicted octanol–water partition coefficient (Wildman–Crippen LogP) is 5.00. The lowest BCUT2D eigenvalue weighted by Gasteiger charge is -2.30. The highest BCUT2D eigenvalue weighted by Gasteiger charge is 2.25. The Hall–Kier alpha value is -3.32. The summed E-state index contributed by atoms with van der Waals surface area (Å²) in [4.78, 5) is 27.7. The van der Waals surface area contributed by atoms with Crippen molar-refractivity contribution >= 4 is 28.8 Å². The molecule has 0 spiro atoms. The average Bonchev–Trinajstić information content (AvgIpc) is 3.35. The number of nitrogens with zero attached hydrogens (tertiary/aromatic N) is 1. The molecule has 0 aliphatic carbocycles. The van der Waals surface area contributed by atoms with Gasteiger partial charge >= 0.3 is 0 Å². The van der Waals surface area contributed by atoms with Crippen LogP contribution in [0.4, 0.5) is 5.69 Å². The van der Waals surface area contributed by atoms with Crippen molar-refractivity contribution in [2.24, 2.45) is 0 Å². The van der Waals surface area contributed by atoms with Crippen molar-refractivity contribution in [3.05, 3.63) is 75.5 Å². The second kappa shape index (κ2) is 9.87. The molecule has 32 heavy (non-hydrogen) atoms. The lowest BCUT2D eigenvalue weighted by Crippen LogP contribution is -2.36. The van der Waals surface area contributed by atoms with E-state index >= 15 is 0 Å². The maximum absolute atomic E-state index is 13.4. The highest BCUT2D eigenvalue weighted by molar-refractivity contribution is 7.08. The van der Waals surface area contributed by atoms with Crippen molar-refractivity contribution in [1.29, 1.82) is 0 Å². The second-order valence-electron chi connectivity index (χ2n) is 7.42. The molecule has 7 heteroatoms. The number of thiophene rings is 1. The standard InChI is InChI=1S/C25H26N2O4S/c1-3-30-22-13-17-9-11-27(15-19(17)14-23(22)31-4-2)25(29)20-7-5-6-8-21(20)26-24(28)18-10-12-32-16-18/h5-8,10,12-14,16H,3-4,9,11,15H2,1-2H3,(H,26,28). The van der Waals surface area contributed by atoms with Crippen LogP contribution in [0, 0.1) is 0 Å². The van der Waals surface area contributed by atoms with Gasteiger partial charge < -0.3 is 19.7 Å². The van der Waals surface area contributed by atoms with Crippen LogP contribution in [0.1, 0.15) is 45.7 Å². The molecule has 0 atom stereocenters. The minimum absolute atomic E-state index is 0.108. The van der Waals surface area contributed by atoms with Gasteiger partial charge in [-0.1, -0.05) is 12.1 Å². The smallest absolute Gasteiger partial charge is 0.256 e. The summed E-state index contributed by atoms with van der Waals surface area (Å²) in [6, 6.07) is 12.9. The van der Waals surface area contributed by atoms with Crippen molar-refractivity contribution < 1.29 is 19.1 Å². The van der Waals surface area contributed by atoms with Crippen LogP contribution in [0.3, 0.4) is 0 Å². The fraction of sp³-hybridized carbons (Fsp3) is 0.280. The predicted molar refractivity (Wildman–Crippen MR) is 126 cm³/mol. The first kappa shape index (κ1) is 21.9. The third kappa shape index (κ3) is 4.62. The first-order valence-electron chi connectivity index (χ1n) is 10.7. The molecule has 0 saturated heterocycles. The first-order valence-corrected chi connectivity index (χ1v) is 11.7. The van der Waals surface area contributed by atoms with E-state index in [0.717, 1.165) is 17.7 Å². The number of nitrogens with one attached hydrogen (secondary N) is 1. The Kier molecular flexibility index (Phi) is 6.75. The molecule has 3 aromatic rings. The van der Waals surface area contributed by atoms with Crippen LogP contribution in [0.25, 0.3) is 0 Å². The second-order valence-corrected chi connectivity index (χ2v) is 8.20. The summed E-state index contributed by atoms with van der Waals surface area (Å²) >= 11 is 1.46. The minimum Gasteiger partial charge on any atom is -0.490 e. The number of ether oxygens (including phenoxy) is 2. The van der Waals surface area contributed by atoms with Gasteiger partial charge in [0.15, 0.2) is 11.5 Å². The van der Waals surface area contributed by atoms with Gasteiger partial charge in [0.05, 0.1) is 30.0 Å². The van der Waals surface area contributed by atoms with E-state index in [1.165, 1.54) is 16.9 Å². The van der Waals surface area contributed by atoms with Crippen LogP contribution in [0.2, 0.25) is 0 Å². The topological polar surface area (TPSA) is 67.9 Å². The molecular formula is C25H26N2O4S. The Bertz CT molecular complexity index is 1110. The molecule has 0 radical (unpaired) electrons. The summed E-state index contributed by atoms with van der Waals surface area (Å²) in [6.45, 7) is 6.07. The number of rotatable bonds is 7. The van der Waals surface area contributed by atoms with Gasteiger partial charge in [0, 0.05) is 18.5 Å². The normalized spacial score (nSPS) is 12.8. The third-order valence-corrected chi connectivity index (χ3v) is 6.04. The summed E-state index contributed by atoms with van der Waals surface area (Å²) < 4.78 is 11.5. The SMILES string of the molecule is CCOc1cc2c(cc1OCC)CN(C(=O)c1ccccc1NC(=O)c1ccsc1)CC2. The Balaban J connectivity index is 1.56. The zero-order valence-electron chi connectivity index (χ0n) is 18.2. The molecule has 4 rings (SSSR count). The molecule has 2 heterocycles. The Morgan fingerprint density at radius 3 is 2.44 bits per heavy atom. The van der Waals surface area contributed by atoms with E-state index in [9.17, 15) is 9.59 Å². The summed E-state index contributed by atoms with van der Waals surface area (Å²) in [5.74, 6) is 1.12. The molecule has 2 aromatic carbocycles. The van der Waals surface area contributed by atoms with E-state index in [1.807, 2.05) is 48.4 Å². The van der Waals surface area contributed by atoms with Gasteiger partial charge in [0.25, 0.3) is 11.8 Å². The first-order chi connectivity index (χ1) is 15.6. The van der Waals surface area contributed by atoms with E-state index in [2.05, 4.69) is 5.32 Å². The van der Waals surface area contributed by atoms with Crippen molar-refractivity contribution in [3.8, 4) is 11.5 Å². The fourth-order valence-electron chi connectivity index (χ4n) is 3.81.